The number of aldehydes is 1. The minimum Gasteiger partial charge on any atom is -0.468 e. The van der Waals surface area contributed by atoms with E-state index in [4.69, 9.17) is 4.74 Å². The summed E-state index contributed by atoms with van der Waals surface area (Å²) in [4.78, 5) is 29.0. The third-order valence-corrected chi connectivity index (χ3v) is 2.15. The molecule has 0 amide bonds. The topological polar surface area (TPSA) is 74.1 Å². The molecule has 2 aromatic heterocycles. The molecule has 0 saturated heterocycles. The highest BCUT2D eigenvalue weighted by Crippen LogP contribution is 2.17. The van der Waals surface area contributed by atoms with E-state index < -0.39 is 5.82 Å². The van der Waals surface area contributed by atoms with Crippen LogP contribution in [0.1, 0.15) is 0 Å². The van der Waals surface area contributed by atoms with Crippen LogP contribution in [0.5, 0.6) is 5.88 Å². The van der Waals surface area contributed by atoms with Crippen molar-refractivity contribution in [2.24, 2.45) is 7.05 Å². The molecule has 0 aliphatic carbocycles. The van der Waals surface area contributed by atoms with E-state index in [-0.39, 0.29) is 29.2 Å². The van der Waals surface area contributed by atoms with Gasteiger partial charge >= 0.3 is 0 Å². The fourth-order valence-corrected chi connectivity index (χ4v) is 1.32. The molecule has 2 heterocycles. The van der Waals surface area contributed by atoms with E-state index >= 15 is 0 Å². The number of halogens is 1. The Morgan fingerprint density at radius 3 is 3.06 bits per heavy atom. The van der Waals surface area contributed by atoms with Gasteiger partial charge in [0.2, 0.25) is 0 Å². The number of ether oxygens (including phenoxy) is 1. The van der Waals surface area contributed by atoms with Gasteiger partial charge in [0.05, 0.1) is 6.20 Å². The number of aromatic nitrogens is 3. The van der Waals surface area contributed by atoms with Gasteiger partial charge < -0.3 is 4.74 Å². The highest BCUT2D eigenvalue weighted by atomic mass is 19.1. The smallest absolute Gasteiger partial charge is 0.270 e. The van der Waals surface area contributed by atoms with E-state index in [1.165, 1.54) is 11.6 Å². The number of hydrogen-bond donors (Lipinski definition) is 0. The Kier molecular flexibility index (Phi) is 2.82. The second-order valence-corrected chi connectivity index (χ2v) is 3.25. The lowest BCUT2D eigenvalue weighted by Gasteiger charge is -2.06. The van der Waals surface area contributed by atoms with Crippen molar-refractivity contribution >= 4 is 17.5 Å². The van der Waals surface area contributed by atoms with Crippen LogP contribution in [0.25, 0.3) is 11.2 Å². The first-order valence-corrected chi connectivity index (χ1v) is 4.72. The summed E-state index contributed by atoms with van der Waals surface area (Å²) in [6, 6.07) is 1.10. The van der Waals surface area contributed by atoms with Crippen molar-refractivity contribution < 1.29 is 13.9 Å². The number of carbonyl (C=O) groups excluding carboxylic acids is 1. The minimum atomic E-state index is -0.731. The van der Waals surface area contributed by atoms with Crippen molar-refractivity contribution in [2.75, 3.05) is 6.61 Å². The molecule has 0 N–H and O–H groups in total. The second kappa shape index (κ2) is 4.28. The molecule has 6 nitrogen and oxygen atoms in total. The average Bonchev–Trinajstić information content (AvgIpc) is 2.32. The first-order chi connectivity index (χ1) is 8.13. The zero-order chi connectivity index (χ0) is 12.4. The van der Waals surface area contributed by atoms with Gasteiger partial charge in [-0.2, -0.15) is 4.98 Å². The number of nitrogens with zero attached hydrogens (tertiary/aromatic N) is 3. The van der Waals surface area contributed by atoms with Gasteiger partial charge in [-0.15, -0.1) is 0 Å². The van der Waals surface area contributed by atoms with Crippen LogP contribution in [-0.4, -0.2) is 27.4 Å². The quantitative estimate of drug-likeness (QED) is 0.705. The first-order valence-electron chi connectivity index (χ1n) is 4.72. The highest BCUT2D eigenvalue weighted by Gasteiger charge is 2.11. The van der Waals surface area contributed by atoms with Crippen LogP contribution in [0.3, 0.4) is 0 Å². The lowest BCUT2D eigenvalue weighted by atomic mass is 10.4. The predicted molar refractivity (Wildman–Crippen MR) is 56.3 cm³/mol. The molecule has 7 heteroatoms. The van der Waals surface area contributed by atoms with E-state index in [2.05, 4.69) is 9.97 Å². The fourth-order valence-electron chi connectivity index (χ4n) is 1.32. The third kappa shape index (κ3) is 1.99. The average molecular weight is 237 g/mol. The maximum Gasteiger partial charge on any atom is 0.270 e. The molecule has 2 rings (SSSR count). The summed E-state index contributed by atoms with van der Waals surface area (Å²) in [6.07, 6.45) is 1.56. The number of fused-ring (bicyclic) bond motifs is 1. The zero-order valence-electron chi connectivity index (χ0n) is 8.88. The van der Waals surface area contributed by atoms with Crippen LogP contribution in [0.4, 0.5) is 4.39 Å². The normalized spacial score (nSPS) is 10.5. The number of aryl methyl sites for hydroxylation is 1. The summed E-state index contributed by atoms with van der Waals surface area (Å²) in [5.74, 6) is -1.06. The van der Waals surface area contributed by atoms with Gasteiger partial charge in [-0.25, -0.2) is 9.37 Å². The Labute approximate surface area is 94.7 Å². The molecule has 0 radical (unpaired) electrons. The number of hydrogen-bond acceptors (Lipinski definition) is 5. The summed E-state index contributed by atoms with van der Waals surface area (Å²) in [7, 11) is 1.49. The van der Waals surface area contributed by atoms with E-state index in [1.807, 2.05) is 0 Å². The third-order valence-electron chi connectivity index (χ3n) is 2.15. The van der Waals surface area contributed by atoms with Crippen molar-refractivity contribution in [2.45, 2.75) is 0 Å². The largest absolute Gasteiger partial charge is 0.468 e. The van der Waals surface area contributed by atoms with Gasteiger partial charge in [0.15, 0.2) is 17.8 Å². The van der Waals surface area contributed by atoms with Crippen LogP contribution in [0.2, 0.25) is 0 Å². The lowest BCUT2D eigenvalue weighted by Crippen LogP contribution is -2.18. The summed E-state index contributed by atoms with van der Waals surface area (Å²) in [5, 5.41) is 0. The van der Waals surface area contributed by atoms with Gasteiger partial charge in [-0.1, -0.05) is 0 Å². The van der Waals surface area contributed by atoms with Crippen molar-refractivity contribution in [3.8, 4) is 5.88 Å². The van der Waals surface area contributed by atoms with Gasteiger partial charge in [-0.05, 0) is 0 Å². The molecule has 0 aliphatic rings. The Bertz CT molecular complexity index is 638. The predicted octanol–water partition coefficient (Wildman–Crippen LogP) is 0.0453. The number of carbonyl (C=O) groups is 1. The first kappa shape index (κ1) is 11.2. The van der Waals surface area contributed by atoms with Gasteiger partial charge in [-0.3, -0.25) is 14.2 Å². The molecule has 0 atom stereocenters. The minimum absolute atomic E-state index is 0.194. The Hall–Kier alpha value is -2.31. The lowest BCUT2D eigenvalue weighted by molar-refractivity contribution is -0.109. The van der Waals surface area contributed by atoms with E-state index in [1.54, 1.807) is 0 Å². The van der Waals surface area contributed by atoms with Crippen LogP contribution >= 0.6 is 0 Å². The molecule has 0 spiro atoms. The zero-order valence-corrected chi connectivity index (χ0v) is 8.88. The SMILES string of the molecule is Cn1c(=O)cnc2cc(F)c(OCC=O)nc21. The summed E-state index contributed by atoms with van der Waals surface area (Å²) >= 11 is 0. The molecule has 0 saturated carbocycles. The highest BCUT2D eigenvalue weighted by molar-refractivity contribution is 5.70. The maximum absolute atomic E-state index is 13.4. The maximum atomic E-state index is 13.4. The van der Waals surface area contributed by atoms with E-state index in [0.717, 1.165) is 12.3 Å². The van der Waals surface area contributed by atoms with E-state index in [9.17, 15) is 14.0 Å². The Morgan fingerprint density at radius 2 is 2.35 bits per heavy atom. The molecule has 0 unspecified atom stereocenters. The van der Waals surface area contributed by atoms with Crippen LogP contribution in [0, 0.1) is 5.82 Å². The van der Waals surface area contributed by atoms with Crippen molar-refractivity contribution in [3.05, 3.63) is 28.4 Å². The molecular formula is C10H8FN3O3. The fraction of sp³-hybridized carbons (Fsp3) is 0.200. The molecular weight excluding hydrogens is 229 g/mol. The molecule has 17 heavy (non-hydrogen) atoms. The van der Waals surface area contributed by atoms with Crippen LogP contribution in [-0.2, 0) is 11.8 Å². The molecule has 2 aromatic rings. The molecule has 0 fully saturated rings. The summed E-state index contributed by atoms with van der Waals surface area (Å²) in [5.41, 5.74) is 0.0702. The Balaban J connectivity index is 2.64. The molecule has 88 valence electrons. The summed E-state index contributed by atoms with van der Waals surface area (Å²) in [6.45, 7) is -0.302. The molecule has 0 aliphatic heterocycles. The van der Waals surface area contributed by atoms with E-state index in [0.29, 0.717) is 6.29 Å². The van der Waals surface area contributed by atoms with Crippen molar-refractivity contribution in [1.29, 1.82) is 0 Å². The number of pyridine rings is 1. The molecule has 0 aromatic carbocycles. The monoisotopic (exact) mass is 237 g/mol. The van der Waals surface area contributed by atoms with Gasteiger partial charge in [0, 0.05) is 13.1 Å². The van der Waals surface area contributed by atoms with Crippen LogP contribution < -0.4 is 10.3 Å². The van der Waals surface area contributed by atoms with Gasteiger partial charge in [0.1, 0.15) is 12.1 Å². The van der Waals surface area contributed by atoms with Crippen molar-refractivity contribution in [3.63, 3.8) is 0 Å². The van der Waals surface area contributed by atoms with Crippen molar-refractivity contribution in [1.82, 2.24) is 14.5 Å². The van der Waals surface area contributed by atoms with Crippen LogP contribution in [0.15, 0.2) is 17.1 Å². The van der Waals surface area contributed by atoms with Gasteiger partial charge in [0.25, 0.3) is 11.4 Å². The number of rotatable bonds is 3. The second-order valence-electron chi connectivity index (χ2n) is 3.25. The molecule has 0 bridgehead atoms. The standard InChI is InChI=1S/C10H8FN3O3/c1-14-8(16)5-12-7-4-6(11)10(13-9(7)14)17-3-2-15/h2,4-5H,3H2,1H3. The Morgan fingerprint density at radius 1 is 1.59 bits per heavy atom. The summed E-state index contributed by atoms with van der Waals surface area (Å²) < 4.78 is 19.5.